The van der Waals surface area contributed by atoms with E-state index in [0.717, 1.165) is 18.4 Å². The summed E-state index contributed by atoms with van der Waals surface area (Å²) in [5.74, 6) is 2.01. The Bertz CT molecular complexity index is 1720. The standard InChI is InChI=1S/C32H36F2N8O3/c1-5-21-8-9-26(45-31(33)34)23(16-21)28-25(38-30(44)24-17-37-42-13-7-12-35-29(24)42)18-41(39-28)19-27(43)40-14-10-22(11-15-40)36-20-32(3,4)6-2/h2,7-9,12-13,16-18,22,31,36H,5,10-11,14-15,19-20H2,1,3-4H3,(H,38,44). The number of benzene rings is 1. The number of likely N-dealkylation sites (tertiary alicyclic amines) is 1. The Morgan fingerprint density at radius 3 is 2.73 bits per heavy atom. The van der Waals surface area contributed by atoms with Crippen LogP contribution < -0.4 is 15.4 Å². The van der Waals surface area contributed by atoms with E-state index in [1.807, 2.05) is 20.8 Å². The smallest absolute Gasteiger partial charge is 0.387 e. The number of amides is 2. The van der Waals surface area contributed by atoms with Gasteiger partial charge in [-0.05, 0) is 56.9 Å². The number of nitrogens with one attached hydrogen (secondary N) is 2. The third-order valence-electron chi connectivity index (χ3n) is 7.83. The lowest BCUT2D eigenvalue weighted by atomic mass is 9.93. The Balaban J connectivity index is 1.39. The molecule has 11 nitrogen and oxygen atoms in total. The lowest BCUT2D eigenvalue weighted by Crippen LogP contribution is -2.47. The molecule has 0 unspecified atom stereocenters. The average molecular weight is 619 g/mol. The van der Waals surface area contributed by atoms with Crippen LogP contribution >= 0.6 is 0 Å². The molecule has 1 aromatic carbocycles. The number of aromatic nitrogens is 5. The maximum atomic E-state index is 13.4. The lowest BCUT2D eigenvalue weighted by Gasteiger charge is -2.33. The quantitative estimate of drug-likeness (QED) is 0.241. The van der Waals surface area contributed by atoms with Gasteiger partial charge in [0.05, 0.1) is 11.9 Å². The number of halogens is 2. The highest BCUT2D eigenvalue weighted by Gasteiger charge is 2.26. The second-order valence-corrected chi connectivity index (χ2v) is 11.6. The molecule has 1 fully saturated rings. The molecule has 3 aromatic heterocycles. The molecule has 45 heavy (non-hydrogen) atoms. The zero-order chi connectivity index (χ0) is 32.1. The van der Waals surface area contributed by atoms with Crippen molar-refractivity contribution in [2.24, 2.45) is 5.41 Å². The normalized spacial score (nSPS) is 14.1. The predicted octanol–water partition coefficient (Wildman–Crippen LogP) is 4.25. The molecule has 0 bridgehead atoms. The highest BCUT2D eigenvalue weighted by atomic mass is 19.3. The SMILES string of the molecule is C#CC(C)(C)CNC1CCN(C(=O)Cn2cc(NC(=O)c3cnn4cccnc34)c(-c3cc(CC)ccc3OC(F)F)n2)CC1. The monoisotopic (exact) mass is 618 g/mol. The van der Waals surface area contributed by atoms with E-state index in [0.29, 0.717) is 31.7 Å². The van der Waals surface area contributed by atoms with Gasteiger partial charge in [0.1, 0.15) is 23.6 Å². The Morgan fingerprint density at radius 1 is 1.24 bits per heavy atom. The van der Waals surface area contributed by atoms with Crippen LogP contribution in [-0.4, -0.2) is 73.4 Å². The lowest BCUT2D eigenvalue weighted by molar-refractivity contribution is -0.133. The number of aryl methyl sites for hydroxylation is 1. The number of piperidine rings is 1. The minimum Gasteiger partial charge on any atom is -0.434 e. The molecule has 236 valence electrons. The zero-order valence-electron chi connectivity index (χ0n) is 25.5. The van der Waals surface area contributed by atoms with Gasteiger partial charge in [-0.15, -0.1) is 6.42 Å². The first-order valence-corrected chi connectivity index (χ1v) is 14.8. The number of hydrogen-bond acceptors (Lipinski definition) is 7. The van der Waals surface area contributed by atoms with Crippen molar-refractivity contribution < 1.29 is 23.1 Å². The first kappa shape index (κ1) is 31.6. The molecule has 1 aliphatic rings. The highest BCUT2D eigenvalue weighted by molar-refractivity contribution is 6.09. The fourth-order valence-electron chi connectivity index (χ4n) is 5.17. The fraction of sp³-hybridized carbons (Fsp3) is 0.406. The van der Waals surface area contributed by atoms with Crippen LogP contribution in [0.25, 0.3) is 16.9 Å². The first-order chi connectivity index (χ1) is 21.6. The Labute approximate surface area is 260 Å². The maximum absolute atomic E-state index is 13.4. The summed E-state index contributed by atoms with van der Waals surface area (Å²) in [6.45, 7) is 4.58. The van der Waals surface area contributed by atoms with Crippen LogP contribution in [0.1, 0.15) is 49.5 Å². The van der Waals surface area contributed by atoms with Gasteiger partial charge in [0, 0.05) is 55.2 Å². The number of fused-ring (bicyclic) bond motifs is 1. The summed E-state index contributed by atoms with van der Waals surface area (Å²) in [5.41, 5.74) is 1.81. The topological polar surface area (TPSA) is 119 Å². The van der Waals surface area contributed by atoms with Crippen LogP contribution in [0.3, 0.4) is 0 Å². The second-order valence-electron chi connectivity index (χ2n) is 11.6. The number of terminal acetylenes is 1. The van der Waals surface area contributed by atoms with Crippen molar-refractivity contribution >= 4 is 23.1 Å². The van der Waals surface area contributed by atoms with E-state index in [1.54, 1.807) is 35.5 Å². The van der Waals surface area contributed by atoms with Gasteiger partial charge in [0.25, 0.3) is 5.91 Å². The first-order valence-electron chi connectivity index (χ1n) is 14.8. The van der Waals surface area contributed by atoms with Gasteiger partial charge < -0.3 is 20.3 Å². The summed E-state index contributed by atoms with van der Waals surface area (Å²) in [6.07, 6.45) is 13.9. The van der Waals surface area contributed by atoms with Crippen molar-refractivity contribution in [1.29, 1.82) is 0 Å². The molecular formula is C32H36F2N8O3. The number of ether oxygens (including phenoxy) is 1. The zero-order valence-corrected chi connectivity index (χ0v) is 25.5. The molecule has 1 aliphatic heterocycles. The Morgan fingerprint density at radius 2 is 2.02 bits per heavy atom. The number of alkyl halides is 2. The van der Waals surface area contributed by atoms with Crippen LogP contribution in [0, 0.1) is 17.8 Å². The third-order valence-corrected chi connectivity index (χ3v) is 7.83. The minimum absolute atomic E-state index is 0.102. The molecule has 0 saturated carbocycles. The third kappa shape index (κ3) is 7.46. The number of carbonyl (C=O) groups is 2. The van der Waals surface area contributed by atoms with E-state index >= 15 is 0 Å². The van der Waals surface area contributed by atoms with Gasteiger partial charge in [-0.25, -0.2) is 9.50 Å². The number of hydrogen-bond donors (Lipinski definition) is 2. The summed E-state index contributed by atoms with van der Waals surface area (Å²) in [7, 11) is 0. The molecular weight excluding hydrogens is 582 g/mol. The van der Waals surface area contributed by atoms with Crippen molar-refractivity contribution in [3.05, 3.63) is 60.2 Å². The largest absolute Gasteiger partial charge is 0.434 e. The summed E-state index contributed by atoms with van der Waals surface area (Å²) in [6, 6.07) is 6.78. The molecule has 4 aromatic rings. The van der Waals surface area contributed by atoms with E-state index in [-0.39, 0.29) is 52.2 Å². The molecule has 0 aliphatic carbocycles. The molecule has 5 rings (SSSR count). The van der Waals surface area contributed by atoms with E-state index in [9.17, 15) is 18.4 Å². The van der Waals surface area contributed by atoms with Crippen LogP contribution in [0.4, 0.5) is 14.5 Å². The van der Waals surface area contributed by atoms with Gasteiger partial charge in [-0.1, -0.05) is 18.9 Å². The van der Waals surface area contributed by atoms with E-state index < -0.39 is 12.5 Å². The predicted molar refractivity (Wildman–Crippen MR) is 165 cm³/mol. The number of carbonyl (C=O) groups excluding carboxylic acids is 2. The van der Waals surface area contributed by atoms with Crippen LogP contribution in [-0.2, 0) is 17.8 Å². The molecule has 0 atom stereocenters. The molecule has 2 N–H and O–H groups in total. The summed E-state index contributed by atoms with van der Waals surface area (Å²) >= 11 is 0. The maximum Gasteiger partial charge on any atom is 0.387 e. The molecule has 4 heterocycles. The molecule has 0 spiro atoms. The number of nitrogens with zero attached hydrogens (tertiary/aromatic N) is 6. The summed E-state index contributed by atoms with van der Waals surface area (Å²) < 4.78 is 34.5. The number of anilines is 1. The molecule has 13 heteroatoms. The van der Waals surface area contributed by atoms with Gasteiger partial charge in [0.2, 0.25) is 5.91 Å². The van der Waals surface area contributed by atoms with Crippen molar-refractivity contribution in [2.45, 2.75) is 59.2 Å². The fourth-order valence-corrected chi connectivity index (χ4v) is 5.17. The average Bonchev–Trinajstić information content (AvgIpc) is 3.64. The second kappa shape index (κ2) is 13.4. The van der Waals surface area contributed by atoms with Gasteiger partial charge >= 0.3 is 6.61 Å². The van der Waals surface area contributed by atoms with Gasteiger partial charge in [-0.3, -0.25) is 14.3 Å². The van der Waals surface area contributed by atoms with E-state index in [2.05, 4.69) is 31.7 Å². The Hall–Kier alpha value is -4.83. The number of rotatable bonds is 11. The minimum atomic E-state index is -3.07. The van der Waals surface area contributed by atoms with Crippen LogP contribution in [0.5, 0.6) is 5.75 Å². The van der Waals surface area contributed by atoms with Crippen molar-refractivity contribution in [2.75, 3.05) is 25.0 Å². The molecule has 2 amide bonds. The van der Waals surface area contributed by atoms with Gasteiger partial charge in [0.15, 0.2) is 5.65 Å². The molecule has 0 radical (unpaired) electrons. The van der Waals surface area contributed by atoms with E-state index in [1.165, 1.54) is 27.7 Å². The summed E-state index contributed by atoms with van der Waals surface area (Å²) in [4.78, 5) is 32.8. The highest BCUT2D eigenvalue weighted by Crippen LogP contribution is 2.36. The van der Waals surface area contributed by atoms with Crippen molar-refractivity contribution in [3.63, 3.8) is 0 Å². The van der Waals surface area contributed by atoms with Crippen LogP contribution in [0.2, 0.25) is 0 Å². The molecule has 1 saturated heterocycles. The van der Waals surface area contributed by atoms with E-state index in [4.69, 9.17) is 11.2 Å². The van der Waals surface area contributed by atoms with Crippen molar-refractivity contribution in [3.8, 4) is 29.4 Å². The Kier molecular flexibility index (Phi) is 9.43. The van der Waals surface area contributed by atoms with Crippen molar-refractivity contribution in [1.82, 2.24) is 34.6 Å². The van der Waals surface area contributed by atoms with Crippen LogP contribution in [0.15, 0.2) is 49.1 Å². The van der Waals surface area contributed by atoms with Gasteiger partial charge in [-0.2, -0.15) is 19.0 Å². The summed E-state index contributed by atoms with van der Waals surface area (Å²) in [5, 5.41) is 15.1.